The first-order valence-electron chi connectivity index (χ1n) is 10.1. The van der Waals surface area contributed by atoms with Crippen LogP contribution in [0, 0.1) is 0 Å². The summed E-state index contributed by atoms with van der Waals surface area (Å²) in [5.74, 6) is 0.104. The molecule has 0 atom stereocenters. The van der Waals surface area contributed by atoms with Crippen molar-refractivity contribution in [3.05, 3.63) is 60.6 Å². The number of aromatic nitrogens is 4. The number of amides is 1. The van der Waals surface area contributed by atoms with E-state index in [9.17, 15) is 4.79 Å². The number of hydrogen-bond acceptors (Lipinski definition) is 4. The topological polar surface area (TPSA) is 70.1 Å². The average molecular weight is 400 g/mol. The number of fused-ring (bicyclic) bond motifs is 1. The van der Waals surface area contributed by atoms with E-state index in [0.717, 1.165) is 65.2 Å². The molecule has 4 heterocycles. The van der Waals surface area contributed by atoms with E-state index in [1.165, 1.54) is 0 Å². The lowest BCUT2D eigenvalue weighted by Gasteiger charge is -2.32. The summed E-state index contributed by atoms with van der Waals surface area (Å²) in [5.41, 5.74) is 5.74. The average Bonchev–Trinajstić information content (AvgIpc) is 3.39. The molecule has 0 saturated carbocycles. The number of hydrogen-bond donors (Lipinski definition) is 1. The number of benzene rings is 1. The molecule has 1 N–H and O–H groups in total. The van der Waals surface area contributed by atoms with Gasteiger partial charge in [0.2, 0.25) is 0 Å². The molecule has 1 aliphatic heterocycles. The second kappa shape index (κ2) is 7.42. The van der Waals surface area contributed by atoms with Crippen LogP contribution >= 0.6 is 0 Å². The second-order valence-corrected chi connectivity index (χ2v) is 7.84. The van der Waals surface area contributed by atoms with Crippen LogP contribution in [-0.2, 0) is 7.05 Å². The molecule has 4 aromatic rings. The zero-order valence-corrected chi connectivity index (χ0v) is 17.2. The van der Waals surface area contributed by atoms with Gasteiger partial charge in [0.1, 0.15) is 5.65 Å². The predicted molar refractivity (Wildman–Crippen MR) is 117 cm³/mol. The zero-order valence-electron chi connectivity index (χ0n) is 17.2. The molecule has 1 amide bonds. The highest BCUT2D eigenvalue weighted by molar-refractivity contribution is 5.96. The monoisotopic (exact) mass is 400 g/mol. The van der Waals surface area contributed by atoms with Gasteiger partial charge in [-0.2, -0.15) is 5.10 Å². The Balaban J connectivity index is 1.43. The molecular formula is C23H24N6O. The Morgan fingerprint density at radius 3 is 2.47 bits per heavy atom. The van der Waals surface area contributed by atoms with E-state index in [-0.39, 0.29) is 5.91 Å². The van der Waals surface area contributed by atoms with Crippen molar-refractivity contribution in [3.8, 4) is 22.4 Å². The molecule has 0 radical (unpaired) electrons. The molecule has 0 bridgehead atoms. The molecule has 5 rings (SSSR count). The molecular weight excluding hydrogens is 376 g/mol. The van der Waals surface area contributed by atoms with E-state index in [2.05, 4.69) is 33.1 Å². The Labute approximate surface area is 174 Å². The van der Waals surface area contributed by atoms with E-state index >= 15 is 0 Å². The summed E-state index contributed by atoms with van der Waals surface area (Å²) in [7, 11) is 4.02. The molecule has 30 heavy (non-hydrogen) atoms. The van der Waals surface area contributed by atoms with Crippen LogP contribution in [0.15, 0.2) is 55.0 Å². The summed E-state index contributed by atoms with van der Waals surface area (Å²) in [6.07, 6.45) is 5.63. The Hall–Kier alpha value is -3.45. The molecule has 1 aliphatic rings. The van der Waals surface area contributed by atoms with Gasteiger partial charge in [0, 0.05) is 73.9 Å². The second-order valence-electron chi connectivity index (χ2n) is 7.84. The summed E-state index contributed by atoms with van der Waals surface area (Å²) in [5, 5.41) is 5.32. The normalized spacial score (nSPS) is 15.1. The van der Waals surface area contributed by atoms with E-state index in [4.69, 9.17) is 0 Å². The number of carbonyl (C=O) groups excluding carboxylic acids is 1. The van der Waals surface area contributed by atoms with Crippen LogP contribution in [0.5, 0.6) is 0 Å². The fourth-order valence-electron chi connectivity index (χ4n) is 4.01. The van der Waals surface area contributed by atoms with Crippen molar-refractivity contribution < 1.29 is 4.79 Å². The SMILES string of the molecule is CN1CCN(C(=O)c2ccc(-c3cnc4[nH]cc(-c5ccnn5C)c4c3)cc2)CC1. The van der Waals surface area contributed by atoms with Crippen molar-refractivity contribution in [1.29, 1.82) is 0 Å². The standard InChI is InChI=1S/C23H24N6O/c1-27-9-11-29(12-10-27)23(30)17-5-3-16(4-6-17)18-13-19-20(15-25-22(19)24-14-18)21-7-8-26-28(21)2/h3-8,13-15H,9-12H2,1-2H3,(H,24,25). The van der Waals surface area contributed by atoms with Crippen LogP contribution in [0.2, 0.25) is 0 Å². The lowest BCUT2D eigenvalue weighted by Crippen LogP contribution is -2.47. The Kier molecular flexibility index (Phi) is 4.59. The number of likely N-dealkylation sites (N-methyl/N-ethyl adjacent to an activating group) is 1. The number of aromatic amines is 1. The highest BCUT2D eigenvalue weighted by atomic mass is 16.2. The van der Waals surface area contributed by atoms with E-state index in [0.29, 0.717) is 0 Å². The van der Waals surface area contributed by atoms with Crippen molar-refractivity contribution in [3.63, 3.8) is 0 Å². The number of piperazine rings is 1. The van der Waals surface area contributed by atoms with Crippen LogP contribution in [0.25, 0.3) is 33.4 Å². The van der Waals surface area contributed by atoms with Crippen molar-refractivity contribution in [1.82, 2.24) is 29.5 Å². The molecule has 1 saturated heterocycles. The molecule has 0 spiro atoms. The van der Waals surface area contributed by atoms with Crippen molar-refractivity contribution in [2.24, 2.45) is 7.05 Å². The first-order chi connectivity index (χ1) is 14.6. The largest absolute Gasteiger partial charge is 0.345 e. The Bertz CT molecular complexity index is 1200. The van der Waals surface area contributed by atoms with Gasteiger partial charge < -0.3 is 14.8 Å². The van der Waals surface area contributed by atoms with Crippen molar-refractivity contribution in [2.45, 2.75) is 0 Å². The summed E-state index contributed by atoms with van der Waals surface area (Å²) in [4.78, 5) is 24.8. The highest BCUT2D eigenvalue weighted by Crippen LogP contribution is 2.30. The van der Waals surface area contributed by atoms with Gasteiger partial charge in [-0.05, 0) is 36.9 Å². The van der Waals surface area contributed by atoms with Gasteiger partial charge in [-0.25, -0.2) is 4.98 Å². The first-order valence-corrected chi connectivity index (χ1v) is 10.1. The fourth-order valence-corrected chi connectivity index (χ4v) is 4.01. The van der Waals surface area contributed by atoms with E-state index in [1.54, 1.807) is 6.20 Å². The summed E-state index contributed by atoms with van der Waals surface area (Å²) in [6, 6.07) is 12.0. The van der Waals surface area contributed by atoms with Gasteiger partial charge in [-0.15, -0.1) is 0 Å². The van der Waals surface area contributed by atoms with Crippen molar-refractivity contribution >= 4 is 16.9 Å². The summed E-state index contributed by atoms with van der Waals surface area (Å²) < 4.78 is 1.86. The van der Waals surface area contributed by atoms with E-state index < -0.39 is 0 Å². The van der Waals surface area contributed by atoms with Crippen LogP contribution < -0.4 is 0 Å². The molecule has 7 nitrogen and oxygen atoms in total. The van der Waals surface area contributed by atoms with Crippen LogP contribution in [0.4, 0.5) is 0 Å². The van der Waals surface area contributed by atoms with Gasteiger partial charge in [0.05, 0.1) is 5.69 Å². The number of nitrogens with zero attached hydrogens (tertiary/aromatic N) is 5. The molecule has 152 valence electrons. The van der Waals surface area contributed by atoms with Gasteiger partial charge in [0.25, 0.3) is 5.91 Å². The number of pyridine rings is 1. The number of rotatable bonds is 3. The molecule has 0 unspecified atom stereocenters. The lowest BCUT2D eigenvalue weighted by atomic mass is 10.0. The number of aryl methyl sites for hydroxylation is 1. The highest BCUT2D eigenvalue weighted by Gasteiger charge is 2.20. The maximum Gasteiger partial charge on any atom is 0.253 e. The maximum absolute atomic E-state index is 12.8. The minimum Gasteiger partial charge on any atom is -0.345 e. The first kappa shape index (κ1) is 18.6. The van der Waals surface area contributed by atoms with Gasteiger partial charge in [-0.3, -0.25) is 9.48 Å². The fraction of sp³-hybridized carbons (Fsp3) is 0.261. The Morgan fingerprint density at radius 2 is 1.77 bits per heavy atom. The van der Waals surface area contributed by atoms with Gasteiger partial charge >= 0.3 is 0 Å². The summed E-state index contributed by atoms with van der Waals surface area (Å²) >= 11 is 0. The van der Waals surface area contributed by atoms with Crippen LogP contribution in [0.1, 0.15) is 10.4 Å². The van der Waals surface area contributed by atoms with Gasteiger partial charge in [-0.1, -0.05) is 12.1 Å². The molecule has 0 aliphatic carbocycles. The third kappa shape index (κ3) is 3.27. The summed E-state index contributed by atoms with van der Waals surface area (Å²) in [6.45, 7) is 3.40. The van der Waals surface area contributed by atoms with Gasteiger partial charge in [0.15, 0.2) is 0 Å². The lowest BCUT2D eigenvalue weighted by molar-refractivity contribution is 0.0664. The van der Waals surface area contributed by atoms with Crippen LogP contribution in [0.3, 0.4) is 0 Å². The number of carbonyl (C=O) groups is 1. The zero-order chi connectivity index (χ0) is 20.7. The Morgan fingerprint density at radius 1 is 1.00 bits per heavy atom. The predicted octanol–water partition coefficient (Wildman–Crippen LogP) is 3.02. The van der Waals surface area contributed by atoms with E-state index in [1.807, 2.05) is 59.4 Å². The van der Waals surface area contributed by atoms with Crippen LogP contribution in [-0.4, -0.2) is 68.7 Å². The molecule has 1 fully saturated rings. The smallest absolute Gasteiger partial charge is 0.253 e. The minimum absolute atomic E-state index is 0.104. The third-order valence-electron chi connectivity index (χ3n) is 5.88. The third-order valence-corrected chi connectivity index (χ3v) is 5.88. The quantitative estimate of drug-likeness (QED) is 0.574. The molecule has 7 heteroatoms. The number of H-pyrrole nitrogens is 1. The van der Waals surface area contributed by atoms with Crippen molar-refractivity contribution in [2.75, 3.05) is 33.2 Å². The number of nitrogens with one attached hydrogen (secondary N) is 1. The molecule has 1 aromatic carbocycles. The maximum atomic E-state index is 12.8. The minimum atomic E-state index is 0.104. The molecule has 3 aromatic heterocycles.